The first-order valence-corrected chi connectivity index (χ1v) is 7.43. The van der Waals surface area contributed by atoms with Gasteiger partial charge in [-0.2, -0.15) is 5.26 Å². The largest absolute Gasteiger partial charge is 0.397 e. The number of rotatable bonds is 1. The third-order valence-electron chi connectivity index (χ3n) is 4.52. The van der Waals surface area contributed by atoms with E-state index in [1.807, 2.05) is 36.4 Å². The molecule has 2 atom stereocenters. The van der Waals surface area contributed by atoms with Crippen molar-refractivity contribution < 1.29 is 4.79 Å². The molecule has 0 spiro atoms. The van der Waals surface area contributed by atoms with Crippen LogP contribution in [0.2, 0.25) is 0 Å². The maximum Gasteiger partial charge on any atom is 0.183 e. The van der Waals surface area contributed by atoms with Crippen LogP contribution in [0.15, 0.2) is 53.3 Å². The van der Waals surface area contributed by atoms with E-state index >= 15 is 0 Å². The average Bonchev–Trinajstić information content (AvgIpc) is 2.75. The van der Waals surface area contributed by atoms with E-state index in [4.69, 9.17) is 5.73 Å². The van der Waals surface area contributed by atoms with Gasteiger partial charge in [0.2, 0.25) is 0 Å². The van der Waals surface area contributed by atoms with Gasteiger partial charge in [0.15, 0.2) is 5.78 Å². The van der Waals surface area contributed by atoms with Crippen molar-refractivity contribution in [3.05, 3.63) is 58.8 Å². The van der Waals surface area contributed by atoms with E-state index in [1.165, 1.54) is 0 Å². The number of fused-ring (bicyclic) bond motifs is 1. The molecule has 3 heteroatoms. The van der Waals surface area contributed by atoms with Crippen LogP contribution in [0.4, 0.5) is 0 Å². The number of nitriles is 1. The van der Waals surface area contributed by atoms with Crippen LogP contribution in [0, 0.1) is 17.2 Å². The second kappa shape index (κ2) is 5.57. The highest BCUT2D eigenvalue weighted by Crippen LogP contribution is 2.44. The number of hydrogen-bond donors (Lipinski definition) is 1. The fourth-order valence-electron chi connectivity index (χ4n) is 3.50. The number of nitrogens with two attached hydrogens (primary N) is 1. The smallest absolute Gasteiger partial charge is 0.183 e. The molecule has 0 saturated heterocycles. The van der Waals surface area contributed by atoms with Crippen molar-refractivity contribution >= 4 is 5.78 Å². The first-order valence-electron chi connectivity index (χ1n) is 7.43. The zero-order valence-electron chi connectivity index (χ0n) is 11.9. The Kier molecular flexibility index (Phi) is 3.62. The van der Waals surface area contributed by atoms with Crippen molar-refractivity contribution in [2.75, 3.05) is 0 Å². The molecule has 0 heterocycles. The topological polar surface area (TPSA) is 66.9 Å². The molecule has 2 aliphatic carbocycles. The summed E-state index contributed by atoms with van der Waals surface area (Å²) in [6, 6.07) is 11.8. The highest BCUT2D eigenvalue weighted by atomic mass is 16.1. The summed E-state index contributed by atoms with van der Waals surface area (Å²) < 4.78 is 0. The van der Waals surface area contributed by atoms with Gasteiger partial charge in [0.25, 0.3) is 0 Å². The fourth-order valence-corrected chi connectivity index (χ4v) is 3.50. The van der Waals surface area contributed by atoms with Crippen LogP contribution < -0.4 is 5.73 Å². The molecule has 0 bridgehead atoms. The standard InChI is InChI=1S/C18H18N2O/c19-11-15-17(20)14-10-6-2-5-9-13(14)16(18(15)21)12-7-3-1-4-8-12/h1,3-4,7-8,10,13,16H,2,5-6,9,20H2/t13-,16+/m0/s1. The van der Waals surface area contributed by atoms with E-state index < -0.39 is 0 Å². The van der Waals surface area contributed by atoms with Gasteiger partial charge in [-0.05, 0) is 36.3 Å². The average molecular weight is 278 g/mol. The van der Waals surface area contributed by atoms with Gasteiger partial charge in [-0.25, -0.2) is 0 Å². The number of nitrogens with zero attached hydrogens (tertiary/aromatic N) is 1. The van der Waals surface area contributed by atoms with Crippen LogP contribution in [-0.4, -0.2) is 5.78 Å². The zero-order chi connectivity index (χ0) is 14.8. The molecule has 3 rings (SSSR count). The molecule has 0 radical (unpaired) electrons. The summed E-state index contributed by atoms with van der Waals surface area (Å²) in [7, 11) is 0. The molecule has 0 aliphatic heterocycles. The number of allylic oxidation sites excluding steroid dienone is 3. The lowest BCUT2D eigenvalue weighted by atomic mass is 9.70. The van der Waals surface area contributed by atoms with Crippen LogP contribution in [0.1, 0.15) is 37.2 Å². The highest BCUT2D eigenvalue weighted by molar-refractivity contribution is 6.06. The molecule has 3 nitrogen and oxygen atoms in total. The molecule has 2 aliphatic rings. The molecular weight excluding hydrogens is 260 g/mol. The normalized spacial score (nSPS) is 25.7. The van der Waals surface area contributed by atoms with Crippen molar-refractivity contribution in [2.45, 2.75) is 31.6 Å². The maximum atomic E-state index is 12.7. The summed E-state index contributed by atoms with van der Waals surface area (Å²) in [6.07, 6.45) is 6.27. The lowest BCUT2D eigenvalue weighted by Gasteiger charge is -2.32. The first-order chi connectivity index (χ1) is 10.2. The van der Waals surface area contributed by atoms with Crippen LogP contribution in [0.25, 0.3) is 0 Å². The quantitative estimate of drug-likeness (QED) is 0.857. The summed E-state index contributed by atoms with van der Waals surface area (Å²) in [5.41, 5.74) is 8.65. The van der Waals surface area contributed by atoms with E-state index in [1.54, 1.807) is 0 Å². The van der Waals surface area contributed by atoms with Crippen molar-refractivity contribution in [3.8, 4) is 6.07 Å². The Labute approximate surface area is 124 Å². The van der Waals surface area contributed by atoms with Crippen LogP contribution in [0.5, 0.6) is 0 Å². The van der Waals surface area contributed by atoms with Gasteiger partial charge in [-0.3, -0.25) is 4.79 Å². The van der Waals surface area contributed by atoms with E-state index in [0.717, 1.165) is 36.8 Å². The number of hydrogen-bond acceptors (Lipinski definition) is 3. The third kappa shape index (κ3) is 2.27. The first kappa shape index (κ1) is 13.6. The second-order valence-electron chi connectivity index (χ2n) is 5.70. The molecule has 0 saturated carbocycles. The van der Waals surface area contributed by atoms with Crippen molar-refractivity contribution in [1.82, 2.24) is 0 Å². The molecule has 0 fully saturated rings. The van der Waals surface area contributed by atoms with Gasteiger partial charge in [0.1, 0.15) is 11.6 Å². The van der Waals surface area contributed by atoms with E-state index in [0.29, 0.717) is 5.70 Å². The van der Waals surface area contributed by atoms with Crippen LogP contribution in [-0.2, 0) is 4.79 Å². The lowest BCUT2D eigenvalue weighted by Crippen LogP contribution is -2.33. The van der Waals surface area contributed by atoms with Gasteiger partial charge in [0, 0.05) is 0 Å². The van der Waals surface area contributed by atoms with Crippen LogP contribution >= 0.6 is 0 Å². The number of ketones is 1. The van der Waals surface area contributed by atoms with Gasteiger partial charge in [-0.15, -0.1) is 0 Å². The minimum atomic E-state index is -0.266. The number of benzene rings is 1. The Bertz CT molecular complexity index is 664. The Morgan fingerprint density at radius 1 is 1.19 bits per heavy atom. The van der Waals surface area contributed by atoms with E-state index in [-0.39, 0.29) is 23.2 Å². The highest BCUT2D eigenvalue weighted by Gasteiger charge is 2.40. The summed E-state index contributed by atoms with van der Waals surface area (Å²) in [4.78, 5) is 12.7. The molecular formula is C18H18N2O. The SMILES string of the molecule is N#CC1=C(N)C2=CCCCC[C@@H]2[C@@H](c2ccccc2)C1=O. The van der Waals surface area contributed by atoms with Crippen molar-refractivity contribution in [1.29, 1.82) is 5.26 Å². The van der Waals surface area contributed by atoms with Gasteiger partial charge in [0.05, 0.1) is 11.6 Å². The summed E-state index contributed by atoms with van der Waals surface area (Å²) >= 11 is 0. The molecule has 106 valence electrons. The van der Waals surface area contributed by atoms with Gasteiger partial charge >= 0.3 is 0 Å². The van der Waals surface area contributed by atoms with Crippen molar-refractivity contribution in [2.24, 2.45) is 11.7 Å². The van der Waals surface area contributed by atoms with E-state index in [2.05, 4.69) is 6.08 Å². The Balaban J connectivity index is 2.16. The molecule has 2 N–H and O–H groups in total. The predicted octanol–water partition coefficient (Wildman–Crippen LogP) is 3.21. The summed E-state index contributed by atoms with van der Waals surface area (Å²) in [5.74, 6) is -0.276. The lowest BCUT2D eigenvalue weighted by molar-refractivity contribution is -0.117. The number of carbonyl (C=O) groups excluding carboxylic acids is 1. The van der Waals surface area contributed by atoms with E-state index in [9.17, 15) is 10.1 Å². The Morgan fingerprint density at radius 2 is 1.95 bits per heavy atom. The molecule has 0 aromatic heterocycles. The monoisotopic (exact) mass is 278 g/mol. The van der Waals surface area contributed by atoms with Gasteiger partial charge in [-0.1, -0.05) is 42.8 Å². The molecule has 1 aromatic carbocycles. The third-order valence-corrected chi connectivity index (χ3v) is 4.52. The minimum absolute atomic E-state index is 0.111. The second-order valence-corrected chi connectivity index (χ2v) is 5.70. The van der Waals surface area contributed by atoms with Crippen molar-refractivity contribution in [3.63, 3.8) is 0 Å². The molecule has 0 amide bonds. The number of carbonyl (C=O) groups is 1. The Hall–Kier alpha value is -2.34. The Morgan fingerprint density at radius 3 is 2.67 bits per heavy atom. The summed E-state index contributed by atoms with van der Waals surface area (Å²) in [6.45, 7) is 0. The zero-order valence-corrected chi connectivity index (χ0v) is 11.9. The summed E-state index contributed by atoms with van der Waals surface area (Å²) in [5, 5.41) is 9.32. The van der Waals surface area contributed by atoms with Crippen LogP contribution in [0.3, 0.4) is 0 Å². The molecule has 0 unspecified atom stereocenters. The predicted molar refractivity (Wildman–Crippen MR) is 81.1 cm³/mol. The molecule has 1 aromatic rings. The number of Topliss-reactive ketones (excluding diaryl/α,β-unsaturated/α-hetero) is 1. The fraction of sp³-hybridized carbons (Fsp3) is 0.333. The minimum Gasteiger partial charge on any atom is -0.397 e. The van der Waals surface area contributed by atoms with Gasteiger partial charge < -0.3 is 5.73 Å². The maximum absolute atomic E-state index is 12.7. The molecule has 21 heavy (non-hydrogen) atoms.